The van der Waals surface area contributed by atoms with E-state index < -0.39 is 0 Å². The molecule has 0 heterocycles. The zero-order valence-electron chi connectivity index (χ0n) is 8.36. The van der Waals surface area contributed by atoms with Crippen LogP contribution in [0.15, 0.2) is 0 Å². The van der Waals surface area contributed by atoms with Gasteiger partial charge >= 0.3 is 0 Å². The van der Waals surface area contributed by atoms with Gasteiger partial charge in [0.15, 0.2) is 0 Å². The average molecular weight is 159 g/mol. The van der Waals surface area contributed by atoms with Crippen LogP contribution in [-0.4, -0.2) is 37.7 Å². The van der Waals surface area contributed by atoms with Crippen molar-refractivity contribution in [1.82, 2.24) is 15.8 Å². The molecule has 0 atom stereocenters. The van der Waals surface area contributed by atoms with Gasteiger partial charge in [-0.05, 0) is 20.8 Å². The van der Waals surface area contributed by atoms with E-state index in [0.717, 1.165) is 13.1 Å². The lowest BCUT2D eigenvalue weighted by molar-refractivity contribution is 0.281. The molecule has 3 nitrogen and oxygen atoms in total. The van der Waals surface area contributed by atoms with Gasteiger partial charge in [-0.3, -0.25) is 10.4 Å². The third kappa shape index (κ3) is 9.88. The topological polar surface area (TPSA) is 27.3 Å². The minimum absolute atomic E-state index is 0.230. The lowest BCUT2D eigenvalue weighted by atomic mass is 10.1. The number of hydrazine groups is 1. The Hall–Kier alpha value is -0.120. The highest BCUT2D eigenvalue weighted by molar-refractivity contribution is 4.69. The van der Waals surface area contributed by atoms with Crippen molar-refractivity contribution in [3.05, 3.63) is 0 Å². The van der Waals surface area contributed by atoms with E-state index in [9.17, 15) is 0 Å². The van der Waals surface area contributed by atoms with Gasteiger partial charge in [-0.1, -0.05) is 0 Å². The number of nitrogens with one attached hydrogen (secondary N) is 2. The molecule has 3 heteroatoms. The molecule has 0 aromatic carbocycles. The molecule has 0 bridgehead atoms. The summed E-state index contributed by atoms with van der Waals surface area (Å²) < 4.78 is 0. The van der Waals surface area contributed by atoms with Crippen molar-refractivity contribution in [1.29, 1.82) is 0 Å². The minimum Gasteiger partial charge on any atom is -0.311 e. The highest BCUT2D eigenvalue weighted by Gasteiger charge is 2.06. The normalized spacial score (nSPS) is 12.5. The van der Waals surface area contributed by atoms with Crippen molar-refractivity contribution >= 4 is 0 Å². The van der Waals surface area contributed by atoms with E-state index >= 15 is 0 Å². The van der Waals surface area contributed by atoms with Crippen LogP contribution in [0.2, 0.25) is 0 Å². The largest absolute Gasteiger partial charge is 0.311 e. The highest BCUT2D eigenvalue weighted by atomic mass is 15.5. The Balaban J connectivity index is 3.15. The van der Waals surface area contributed by atoms with E-state index in [1.54, 1.807) is 0 Å². The lowest BCUT2D eigenvalue weighted by Crippen LogP contribution is -2.42. The second kappa shape index (κ2) is 4.70. The molecule has 0 radical (unpaired) electrons. The molecule has 0 saturated carbocycles. The molecule has 2 N–H and O–H groups in total. The maximum Gasteiger partial charge on any atom is 0.0227 e. The van der Waals surface area contributed by atoms with Crippen LogP contribution in [0.4, 0.5) is 0 Å². The quantitative estimate of drug-likeness (QED) is 0.460. The van der Waals surface area contributed by atoms with Gasteiger partial charge in [0.25, 0.3) is 0 Å². The van der Waals surface area contributed by atoms with Gasteiger partial charge in [-0.2, -0.15) is 0 Å². The van der Waals surface area contributed by atoms with Crippen molar-refractivity contribution in [3.8, 4) is 0 Å². The predicted molar refractivity (Wildman–Crippen MR) is 49.4 cm³/mol. The third-order valence-corrected chi connectivity index (χ3v) is 1.21. The number of hydrogen-bond donors (Lipinski definition) is 2. The maximum atomic E-state index is 3.39. The minimum atomic E-state index is 0.230. The molecule has 0 aliphatic rings. The third-order valence-electron chi connectivity index (χ3n) is 1.21. The van der Waals surface area contributed by atoms with Crippen LogP contribution in [-0.2, 0) is 0 Å². The SMILES string of the molecule is CN(C)NCCNC(C)(C)C. The molecular weight excluding hydrogens is 138 g/mol. The van der Waals surface area contributed by atoms with Crippen LogP contribution in [0.1, 0.15) is 20.8 Å². The fourth-order valence-corrected chi connectivity index (χ4v) is 0.717. The van der Waals surface area contributed by atoms with E-state index in [-0.39, 0.29) is 5.54 Å². The summed E-state index contributed by atoms with van der Waals surface area (Å²) in [5.41, 5.74) is 3.42. The molecule has 0 rings (SSSR count). The zero-order valence-corrected chi connectivity index (χ0v) is 8.36. The van der Waals surface area contributed by atoms with Gasteiger partial charge in [0.1, 0.15) is 0 Å². The first-order chi connectivity index (χ1) is 4.92. The Morgan fingerprint density at radius 3 is 2.00 bits per heavy atom. The van der Waals surface area contributed by atoms with Gasteiger partial charge in [-0.25, -0.2) is 0 Å². The Bertz CT molecular complexity index is 94.0. The van der Waals surface area contributed by atoms with Gasteiger partial charge in [-0.15, -0.1) is 0 Å². The molecule has 0 unspecified atom stereocenters. The number of hydrogen-bond acceptors (Lipinski definition) is 3. The van der Waals surface area contributed by atoms with Gasteiger partial charge in [0, 0.05) is 32.7 Å². The van der Waals surface area contributed by atoms with Crippen LogP contribution in [0, 0.1) is 0 Å². The summed E-state index contributed by atoms with van der Waals surface area (Å²) in [6, 6.07) is 0. The van der Waals surface area contributed by atoms with Crippen LogP contribution in [0.25, 0.3) is 0 Å². The van der Waals surface area contributed by atoms with Gasteiger partial charge < -0.3 is 5.32 Å². The van der Waals surface area contributed by atoms with Crippen molar-refractivity contribution in [3.63, 3.8) is 0 Å². The van der Waals surface area contributed by atoms with Crippen LogP contribution in [0.3, 0.4) is 0 Å². The van der Waals surface area contributed by atoms with E-state index in [0.29, 0.717) is 0 Å². The number of rotatable bonds is 4. The van der Waals surface area contributed by atoms with E-state index in [4.69, 9.17) is 0 Å². The molecular formula is C8H21N3. The summed E-state index contributed by atoms with van der Waals surface area (Å²) in [7, 11) is 3.99. The van der Waals surface area contributed by atoms with Crippen LogP contribution < -0.4 is 10.7 Å². The van der Waals surface area contributed by atoms with E-state index in [1.165, 1.54) is 0 Å². The smallest absolute Gasteiger partial charge is 0.0227 e. The maximum absolute atomic E-state index is 3.39. The van der Waals surface area contributed by atoms with Crippen molar-refractivity contribution < 1.29 is 0 Å². The van der Waals surface area contributed by atoms with Crippen molar-refractivity contribution in [2.75, 3.05) is 27.2 Å². The molecule has 0 aliphatic carbocycles. The van der Waals surface area contributed by atoms with E-state index in [2.05, 4.69) is 31.5 Å². The Morgan fingerprint density at radius 2 is 1.64 bits per heavy atom. The molecule has 0 aromatic heterocycles. The average Bonchev–Trinajstić information content (AvgIpc) is 1.78. The highest BCUT2D eigenvalue weighted by Crippen LogP contribution is 1.96. The summed E-state index contributed by atoms with van der Waals surface area (Å²) in [6.07, 6.45) is 0. The number of nitrogens with zero attached hydrogens (tertiary/aromatic N) is 1. The molecule has 0 aliphatic heterocycles. The molecule has 0 aromatic rings. The summed E-state index contributed by atoms with van der Waals surface area (Å²) in [4.78, 5) is 0. The van der Waals surface area contributed by atoms with Gasteiger partial charge in [0.2, 0.25) is 0 Å². The summed E-state index contributed by atoms with van der Waals surface area (Å²) >= 11 is 0. The summed E-state index contributed by atoms with van der Waals surface area (Å²) in [5, 5.41) is 5.35. The fourth-order valence-electron chi connectivity index (χ4n) is 0.717. The molecule has 68 valence electrons. The first kappa shape index (κ1) is 10.9. The van der Waals surface area contributed by atoms with Gasteiger partial charge in [0.05, 0.1) is 0 Å². The molecule has 0 fully saturated rings. The van der Waals surface area contributed by atoms with Crippen LogP contribution in [0.5, 0.6) is 0 Å². The van der Waals surface area contributed by atoms with Crippen LogP contribution >= 0.6 is 0 Å². The first-order valence-electron chi connectivity index (χ1n) is 4.08. The Kier molecular flexibility index (Phi) is 4.65. The second-order valence-corrected chi connectivity index (χ2v) is 3.98. The summed E-state index contributed by atoms with van der Waals surface area (Å²) in [5.74, 6) is 0. The Morgan fingerprint density at radius 1 is 1.09 bits per heavy atom. The monoisotopic (exact) mass is 159 g/mol. The lowest BCUT2D eigenvalue weighted by Gasteiger charge is -2.21. The van der Waals surface area contributed by atoms with Crippen molar-refractivity contribution in [2.24, 2.45) is 0 Å². The molecule has 11 heavy (non-hydrogen) atoms. The summed E-state index contributed by atoms with van der Waals surface area (Å²) in [6.45, 7) is 8.49. The Labute approximate surface area is 70.1 Å². The molecule has 0 spiro atoms. The predicted octanol–water partition coefficient (Wildman–Crippen LogP) is 0.441. The zero-order chi connectivity index (χ0) is 8.91. The molecule has 0 amide bonds. The standard InChI is InChI=1S/C8H21N3/c1-8(2,3)9-6-7-10-11(4)5/h9-10H,6-7H2,1-5H3. The van der Waals surface area contributed by atoms with E-state index in [1.807, 2.05) is 19.1 Å². The molecule has 0 saturated heterocycles. The fraction of sp³-hybridized carbons (Fsp3) is 1.00. The second-order valence-electron chi connectivity index (χ2n) is 3.98. The first-order valence-corrected chi connectivity index (χ1v) is 4.08. The van der Waals surface area contributed by atoms with Crippen molar-refractivity contribution in [2.45, 2.75) is 26.3 Å².